The fourth-order valence-corrected chi connectivity index (χ4v) is 3.56. The Balaban J connectivity index is 2.37. The van der Waals surface area contributed by atoms with Crippen LogP contribution in [0.25, 0.3) is 0 Å². The zero-order valence-corrected chi connectivity index (χ0v) is 14.9. The molecule has 0 saturated heterocycles. The third-order valence-electron chi connectivity index (χ3n) is 3.27. The molecule has 1 atom stereocenters. The van der Waals surface area contributed by atoms with Crippen LogP contribution in [-0.2, 0) is 0 Å². The molecule has 0 aliphatic carbocycles. The van der Waals surface area contributed by atoms with Crippen LogP contribution in [0.2, 0.25) is 0 Å². The van der Waals surface area contributed by atoms with E-state index in [2.05, 4.69) is 50.9 Å². The second-order valence-corrected chi connectivity index (χ2v) is 7.95. The molecule has 22 heavy (non-hydrogen) atoms. The molecule has 0 amide bonds. The summed E-state index contributed by atoms with van der Waals surface area (Å²) in [7, 11) is 0.419. The molecule has 0 bridgehead atoms. The number of hydrogen-bond donors (Lipinski definition) is 1. The van der Waals surface area contributed by atoms with Gasteiger partial charge in [-0.15, -0.1) is 0 Å². The van der Waals surface area contributed by atoms with Gasteiger partial charge in [-0.3, -0.25) is 4.99 Å². The Morgan fingerprint density at radius 2 is 1.73 bits per heavy atom. The van der Waals surface area contributed by atoms with Crippen molar-refractivity contribution in [2.75, 3.05) is 0 Å². The molecule has 0 fully saturated rings. The molecule has 2 nitrogen and oxygen atoms in total. The van der Waals surface area contributed by atoms with E-state index in [4.69, 9.17) is 0 Å². The molecule has 0 heterocycles. The lowest BCUT2D eigenvalue weighted by atomic mass is 10.1. The minimum Gasteiger partial charge on any atom is -0.507 e. The summed E-state index contributed by atoms with van der Waals surface area (Å²) in [5.74, 6) is 0.409. The first-order chi connectivity index (χ1) is 10.3. The minimum absolute atomic E-state index is 0.0850. The zero-order valence-electron chi connectivity index (χ0n) is 13.9. The van der Waals surface area contributed by atoms with Crippen molar-refractivity contribution >= 4 is 25.4 Å². The Labute approximate surface area is 135 Å². The van der Waals surface area contributed by atoms with E-state index in [1.165, 1.54) is 10.9 Å². The summed E-state index contributed by atoms with van der Waals surface area (Å²) in [5.41, 5.74) is 3.15. The maximum absolute atomic E-state index is 10.3. The van der Waals surface area contributed by atoms with Crippen molar-refractivity contribution in [1.29, 1.82) is 0 Å². The number of phenols is 1. The number of aromatic hydroxyl groups is 1. The van der Waals surface area contributed by atoms with Gasteiger partial charge >= 0.3 is 0 Å². The number of phenolic OH excluding ortho intramolecular Hbond substituents is 1. The monoisotopic (exact) mass is 313 g/mol. The van der Waals surface area contributed by atoms with E-state index in [-0.39, 0.29) is 5.54 Å². The van der Waals surface area contributed by atoms with Gasteiger partial charge in [-0.1, -0.05) is 38.9 Å². The number of aryl methyl sites for hydroxylation is 2. The highest BCUT2D eigenvalue weighted by Gasteiger charge is 2.10. The highest BCUT2D eigenvalue weighted by molar-refractivity contribution is 7.56. The van der Waals surface area contributed by atoms with Crippen LogP contribution >= 0.6 is 8.58 Å². The predicted molar refractivity (Wildman–Crippen MR) is 99.0 cm³/mol. The third-order valence-corrected chi connectivity index (χ3v) is 4.64. The standard InChI is InChI=1S/C19H24NOP/c1-13-10-14(2)18(21)17(11-13)22-16-9-7-6-8-15(16)12-20-19(3,4)5/h6-12,21-22H,1-5H3/b20-12+. The molecule has 0 aromatic heterocycles. The molecule has 1 N–H and O–H groups in total. The summed E-state index contributed by atoms with van der Waals surface area (Å²) >= 11 is 0. The summed E-state index contributed by atoms with van der Waals surface area (Å²) < 4.78 is 0. The van der Waals surface area contributed by atoms with Crippen molar-refractivity contribution in [3.05, 3.63) is 53.1 Å². The van der Waals surface area contributed by atoms with Crippen LogP contribution in [-0.4, -0.2) is 16.9 Å². The first-order valence-electron chi connectivity index (χ1n) is 7.48. The van der Waals surface area contributed by atoms with Gasteiger partial charge in [0, 0.05) is 17.1 Å². The summed E-state index contributed by atoms with van der Waals surface area (Å²) in [6, 6.07) is 12.3. The lowest BCUT2D eigenvalue weighted by Crippen LogP contribution is -2.13. The van der Waals surface area contributed by atoms with Crippen molar-refractivity contribution in [2.45, 2.75) is 40.2 Å². The summed E-state index contributed by atoms with van der Waals surface area (Å²) in [4.78, 5) is 4.60. The van der Waals surface area contributed by atoms with Gasteiger partial charge in [-0.2, -0.15) is 0 Å². The molecule has 0 radical (unpaired) electrons. The van der Waals surface area contributed by atoms with Crippen LogP contribution in [0, 0.1) is 13.8 Å². The Bertz CT molecular complexity index is 699. The van der Waals surface area contributed by atoms with Crippen molar-refractivity contribution in [2.24, 2.45) is 4.99 Å². The number of nitrogens with zero attached hydrogens (tertiary/aromatic N) is 1. The van der Waals surface area contributed by atoms with Crippen molar-refractivity contribution < 1.29 is 5.11 Å². The fraction of sp³-hybridized carbons (Fsp3) is 0.316. The Morgan fingerprint density at radius 3 is 2.41 bits per heavy atom. The second kappa shape index (κ2) is 6.62. The van der Waals surface area contributed by atoms with E-state index in [9.17, 15) is 5.11 Å². The summed E-state index contributed by atoms with van der Waals surface area (Å²) in [5, 5.41) is 12.5. The SMILES string of the molecule is Cc1cc(C)c(O)c(Pc2ccccc2/C=N/C(C)(C)C)c1. The van der Waals surface area contributed by atoms with Gasteiger partial charge in [0.25, 0.3) is 0 Å². The van der Waals surface area contributed by atoms with Crippen molar-refractivity contribution in [3.63, 3.8) is 0 Å². The molecule has 2 aromatic carbocycles. The fourth-order valence-electron chi connectivity index (χ4n) is 2.19. The Kier molecular flexibility index (Phi) is 5.03. The van der Waals surface area contributed by atoms with E-state index in [1.807, 2.05) is 31.3 Å². The quantitative estimate of drug-likeness (QED) is 0.677. The van der Waals surface area contributed by atoms with Gasteiger partial charge in [0.05, 0.1) is 5.54 Å². The molecule has 3 heteroatoms. The van der Waals surface area contributed by atoms with Crippen LogP contribution in [0.1, 0.15) is 37.5 Å². The molecule has 0 aliphatic heterocycles. The molecule has 2 rings (SSSR count). The molecular formula is C19H24NOP. The van der Waals surface area contributed by atoms with Gasteiger partial charge in [-0.05, 0) is 57.1 Å². The highest BCUT2D eigenvalue weighted by Crippen LogP contribution is 2.24. The Morgan fingerprint density at radius 1 is 1.05 bits per heavy atom. The van der Waals surface area contributed by atoms with Crippen LogP contribution < -0.4 is 10.6 Å². The first-order valence-corrected chi connectivity index (χ1v) is 8.48. The van der Waals surface area contributed by atoms with Gasteiger partial charge in [-0.25, -0.2) is 0 Å². The number of benzene rings is 2. The van der Waals surface area contributed by atoms with Crippen LogP contribution in [0.5, 0.6) is 5.75 Å². The molecular weight excluding hydrogens is 289 g/mol. The summed E-state index contributed by atoms with van der Waals surface area (Å²) in [6.45, 7) is 10.3. The summed E-state index contributed by atoms with van der Waals surface area (Å²) in [6.07, 6.45) is 1.95. The number of aliphatic imine (C=N–C) groups is 1. The van der Waals surface area contributed by atoms with Crippen molar-refractivity contribution in [1.82, 2.24) is 0 Å². The zero-order chi connectivity index (χ0) is 16.3. The maximum atomic E-state index is 10.3. The number of hydrogen-bond acceptors (Lipinski definition) is 2. The topological polar surface area (TPSA) is 32.6 Å². The minimum atomic E-state index is -0.0850. The molecule has 0 saturated carbocycles. The lowest BCUT2D eigenvalue weighted by Gasteiger charge is -2.13. The number of rotatable bonds is 3. The predicted octanol–water partition coefficient (Wildman–Crippen LogP) is 3.86. The van der Waals surface area contributed by atoms with E-state index >= 15 is 0 Å². The van der Waals surface area contributed by atoms with Gasteiger partial charge in [0.2, 0.25) is 0 Å². The van der Waals surface area contributed by atoms with Crippen LogP contribution in [0.4, 0.5) is 0 Å². The maximum Gasteiger partial charge on any atom is 0.126 e. The van der Waals surface area contributed by atoms with E-state index in [0.717, 1.165) is 16.4 Å². The second-order valence-electron chi connectivity index (χ2n) is 6.62. The van der Waals surface area contributed by atoms with Gasteiger partial charge in [0.15, 0.2) is 0 Å². The molecule has 0 aliphatic rings. The smallest absolute Gasteiger partial charge is 0.126 e. The van der Waals surface area contributed by atoms with Crippen LogP contribution in [0.3, 0.4) is 0 Å². The van der Waals surface area contributed by atoms with E-state index in [1.54, 1.807) is 0 Å². The molecule has 2 aromatic rings. The first kappa shape index (κ1) is 16.7. The van der Waals surface area contributed by atoms with E-state index < -0.39 is 0 Å². The third kappa shape index (κ3) is 4.42. The average molecular weight is 313 g/mol. The van der Waals surface area contributed by atoms with Gasteiger partial charge < -0.3 is 5.11 Å². The molecule has 116 valence electrons. The largest absolute Gasteiger partial charge is 0.507 e. The highest BCUT2D eigenvalue weighted by atomic mass is 31.1. The molecule has 1 unspecified atom stereocenters. The van der Waals surface area contributed by atoms with E-state index in [0.29, 0.717) is 14.3 Å². The normalized spacial score (nSPS) is 12.6. The Hall–Kier alpha value is -1.66. The van der Waals surface area contributed by atoms with Crippen molar-refractivity contribution in [3.8, 4) is 5.75 Å². The van der Waals surface area contributed by atoms with Crippen LogP contribution in [0.15, 0.2) is 41.4 Å². The van der Waals surface area contributed by atoms with Gasteiger partial charge in [0.1, 0.15) is 5.75 Å². The average Bonchev–Trinajstić information content (AvgIpc) is 2.42. The molecule has 0 spiro atoms. The lowest BCUT2D eigenvalue weighted by molar-refractivity contribution is 0.475.